The normalized spacial score (nSPS) is 12.5. The van der Waals surface area contributed by atoms with Gasteiger partial charge in [-0.1, -0.05) is 0 Å². The van der Waals surface area contributed by atoms with Crippen molar-refractivity contribution in [2.24, 2.45) is 11.5 Å². The van der Waals surface area contributed by atoms with E-state index in [0.717, 1.165) is 6.54 Å². The number of hydrogen-bond acceptors (Lipinski definition) is 4. The fourth-order valence-electron chi connectivity index (χ4n) is 1.37. The van der Waals surface area contributed by atoms with Crippen LogP contribution in [-0.4, -0.2) is 32.4 Å². The van der Waals surface area contributed by atoms with Crippen molar-refractivity contribution in [3.05, 3.63) is 24.3 Å². The van der Waals surface area contributed by atoms with Gasteiger partial charge in [0.25, 0.3) is 0 Å². The summed E-state index contributed by atoms with van der Waals surface area (Å²) in [5, 5.41) is 0. The number of benzene rings is 1. The Balaban J connectivity index is 2.61. The van der Waals surface area contributed by atoms with E-state index in [1.165, 1.54) is 10.6 Å². The molecule has 0 bridgehead atoms. The average molecular weight is 225 g/mol. The molecule has 4 N–H and O–H groups in total. The Morgan fingerprint density at radius 2 is 1.93 bits per heavy atom. The highest BCUT2D eigenvalue weighted by Crippen LogP contribution is 2.19. The second-order valence-corrected chi connectivity index (χ2v) is 4.45. The molecule has 0 fully saturated rings. The van der Waals surface area contributed by atoms with Gasteiger partial charge < -0.3 is 16.4 Å². The molecule has 1 rings (SSSR count). The van der Waals surface area contributed by atoms with E-state index in [-0.39, 0.29) is 6.04 Å². The molecule has 0 aliphatic rings. The standard InChI is InChI=1S/C11H19N3S/c1-14(8-9(13)7-12)10-3-5-11(15-2)6-4-10/h3-6,9H,7-8,12-13H2,1-2H3. The molecule has 0 aliphatic carbocycles. The summed E-state index contributed by atoms with van der Waals surface area (Å²) in [6.07, 6.45) is 2.07. The van der Waals surface area contributed by atoms with Crippen molar-refractivity contribution in [1.29, 1.82) is 0 Å². The molecule has 1 aromatic rings. The molecule has 0 aliphatic heterocycles. The number of likely N-dealkylation sites (N-methyl/N-ethyl adjacent to an activating group) is 1. The van der Waals surface area contributed by atoms with Crippen LogP contribution in [0, 0.1) is 0 Å². The van der Waals surface area contributed by atoms with E-state index < -0.39 is 0 Å². The molecule has 1 atom stereocenters. The lowest BCUT2D eigenvalue weighted by Crippen LogP contribution is -2.40. The molecule has 1 unspecified atom stereocenters. The third-order valence-corrected chi connectivity index (χ3v) is 3.07. The van der Waals surface area contributed by atoms with Gasteiger partial charge in [-0.15, -0.1) is 11.8 Å². The van der Waals surface area contributed by atoms with Gasteiger partial charge in [0.15, 0.2) is 0 Å². The van der Waals surface area contributed by atoms with Gasteiger partial charge in [0.2, 0.25) is 0 Å². The molecule has 0 amide bonds. The minimum absolute atomic E-state index is 0.0372. The van der Waals surface area contributed by atoms with Crippen LogP contribution in [0.2, 0.25) is 0 Å². The zero-order chi connectivity index (χ0) is 11.3. The predicted octanol–water partition coefficient (Wildman–Crippen LogP) is 1.13. The number of nitrogens with two attached hydrogens (primary N) is 2. The molecule has 0 saturated carbocycles. The first kappa shape index (κ1) is 12.4. The highest BCUT2D eigenvalue weighted by molar-refractivity contribution is 7.98. The monoisotopic (exact) mass is 225 g/mol. The number of rotatable bonds is 5. The summed E-state index contributed by atoms with van der Waals surface area (Å²) in [5.74, 6) is 0. The van der Waals surface area contributed by atoms with Gasteiger partial charge in [-0.25, -0.2) is 0 Å². The van der Waals surface area contributed by atoms with Gasteiger partial charge in [-0.3, -0.25) is 0 Å². The maximum absolute atomic E-state index is 5.80. The van der Waals surface area contributed by atoms with Crippen molar-refractivity contribution in [3.63, 3.8) is 0 Å². The molecule has 0 aromatic heterocycles. The number of nitrogens with zero attached hydrogens (tertiary/aromatic N) is 1. The zero-order valence-electron chi connectivity index (χ0n) is 9.31. The van der Waals surface area contributed by atoms with Crippen LogP contribution in [0.3, 0.4) is 0 Å². The molecule has 84 valence electrons. The molecule has 0 spiro atoms. The molecule has 0 saturated heterocycles. The Labute approximate surface area is 95.8 Å². The van der Waals surface area contributed by atoms with Crippen molar-refractivity contribution in [2.75, 3.05) is 31.3 Å². The summed E-state index contributed by atoms with van der Waals surface area (Å²) >= 11 is 1.74. The first-order chi connectivity index (χ1) is 7.17. The van der Waals surface area contributed by atoms with E-state index in [1.807, 2.05) is 7.05 Å². The van der Waals surface area contributed by atoms with E-state index >= 15 is 0 Å². The van der Waals surface area contributed by atoms with Crippen LogP contribution in [0.4, 0.5) is 5.69 Å². The molecule has 0 heterocycles. The summed E-state index contributed by atoms with van der Waals surface area (Å²) in [7, 11) is 2.03. The van der Waals surface area contributed by atoms with Crippen molar-refractivity contribution in [2.45, 2.75) is 10.9 Å². The molecule has 1 aromatic carbocycles. The molecule has 0 radical (unpaired) electrons. The molecule has 3 nitrogen and oxygen atoms in total. The van der Waals surface area contributed by atoms with Gasteiger partial charge in [-0.05, 0) is 30.5 Å². The lowest BCUT2D eigenvalue weighted by molar-refractivity contribution is 0.668. The van der Waals surface area contributed by atoms with E-state index in [0.29, 0.717) is 6.54 Å². The molecular weight excluding hydrogens is 206 g/mol. The quantitative estimate of drug-likeness (QED) is 0.738. The van der Waals surface area contributed by atoms with Gasteiger partial charge in [0.05, 0.1) is 0 Å². The lowest BCUT2D eigenvalue weighted by Gasteiger charge is -2.22. The molecule has 4 heteroatoms. The Bertz CT molecular complexity index is 286. The predicted molar refractivity (Wildman–Crippen MR) is 68.5 cm³/mol. The van der Waals surface area contributed by atoms with E-state index in [4.69, 9.17) is 11.5 Å². The van der Waals surface area contributed by atoms with Crippen LogP contribution in [0.25, 0.3) is 0 Å². The summed E-state index contributed by atoms with van der Waals surface area (Å²) < 4.78 is 0. The van der Waals surface area contributed by atoms with Crippen molar-refractivity contribution in [3.8, 4) is 0 Å². The zero-order valence-corrected chi connectivity index (χ0v) is 10.1. The summed E-state index contributed by atoms with van der Waals surface area (Å²) in [4.78, 5) is 3.40. The molecule has 15 heavy (non-hydrogen) atoms. The Kier molecular flexibility index (Phi) is 4.94. The highest BCUT2D eigenvalue weighted by Gasteiger charge is 2.05. The molecular formula is C11H19N3S. The van der Waals surface area contributed by atoms with Gasteiger partial charge in [-0.2, -0.15) is 0 Å². The summed E-state index contributed by atoms with van der Waals surface area (Å²) in [6.45, 7) is 1.31. The third kappa shape index (κ3) is 3.74. The van der Waals surface area contributed by atoms with Gasteiger partial charge in [0.1, 0.15) is 0 Å². The second kappa shape index (κ2) is 6.00. The first-order valence-electron chi connectivity index (χ1n) is 4.98. The van der Waals surface area contributed by atoms with Crippen LogP contribution in [0.5, 0.6) is 0 Å². The van der Waals surface area contributed by atoms with Gasteiger partial charge in [0, 0.05) is 36.8 Å². The van der Waals surface area contributed by atoms with Crippen LogP contribution >= 0.6 is 11.8 Å². The van der Waals surface area contributed by atoms with Crippen LogP contribution in [0.1, 0.15) is 0 Å². The summed E-state index contributed by atoms with van der Waals surface area (Å²) in [6, 6.07) is 8.48. The fraction of sp³-hybridized carbons (Fsp3) is 0.455. The second-order valence-electron chi connectivity index (χ2n) is 3.57. The van der Waals surface area contributed by atoms with Crippen LogP contribution in [-0.2, 0) is 0 Å². The minimum Gasteiger partial charge on any atom is -0.373 e. The SMILES string of the molecule is CSc1ccc(N(C)CC(N)CN)cc1. The first-order valence-corrected chi connectivity index (χ1v) is 6.20. The van der Waals surface area contributed by atoms with Crippen molar-refractivity contribution in [1.82, 2.24) is 0 Å². The Morgan fingerprint density at radius 1 is 1.33 bits per heavy atom. The van der Waals surface area contributed by atoms with Gasteiger partial charge >= 0.3 is 0 Å². The van der Waals surface area contributed by atoms with Crippen molar-refractivity contribution >= 4 is 17.4 Å². The topological polar surface area (TPSA) is 55.3 Å². The summed E-state index contributed by atoms with van der Waals surface area (Å²) in [5.41, 5.74) is 12.5. The van der Waals surface area contributed by atoms with Crippen LogP contribution in [0.15, 0.2) is 29.2 Å². The largest absolute Gasteiger partial charge is 0.373 e. The van der Waals surface area contributed by atoms with Crippen LogP contribution < -0.4 is 16.4 Å². The highest BCUT2D eigenvalue weighted by atomic mass is 32.2. The smallest absolute Gasteiger partial charge is 0.0364 e. The number of thioether (sulfide) groups is 1. The number of hydrogen-bond donors (Lipinski definition) is 2. The minimum atomic E-state index is 0.0372. The van der Waals surface area contributed by atoms with E-state index in [9.17, 15) is 0 Å². The Morgan fingerprint density at radius 3 is 2.40 bits per heavy atom. The number of anilines is 1. The maximum Gasteiger partial charge on any atom is 0.0364 e. The average Bonchev–Trinajstić information content (AvgIpc) is 2.29. The van der Waals surface area contributed by atoms with E-state index in [1.54, 1.807) is 11.8 Å². The Hall–Kier alpha value is -0.710. The lowest BCUT2D eigenvalue weighted by atomic mass is 10.2. The van der Waals surface area contributed by atoms with Crippen molar-refractivity contribution < 1.29 is 0 Å². The fourth-order valence-corrected chi connectivity index (χ4v) is 1.78. The maximum atomic E-state index is 5.80. The van der Waals surface area contributed by atoms with E-state index in [2.05, 4.69) is 35.4 Å². The third-order valence-electron chi connectivity index (χ3n) is 2.32.